The van der Waals surface area contributed by atoms with Crippen LogP contribution in [0, 0.1) is 11.3 Å². The van der Waals surface area contributed by atoms with Crippen molar-refractivity contribution in [3.05, 3.63) is 41.1 Å². The normalized spacial score (nSPS) is 26.3. The Morgan fingerprint density at radius 2 is 2.26 bits per heavy atom. The number of aryl methyl sites for hydroxylation is 1. The van der Waals surface area contributed by atoms with E-state index in [1.54, 1.807) is 28.9 Å². The molecule has 1 saturated carbocycles. The standard InChI is InChI=1S/C22H23FN4O4/c23-15-7-18(8-15)29-12-17-3-4-27-21(31-17)9-19(26-27)22(28)25-16-6-14-5-13(10-24)1-2-20(14)30-11-16/h1-2,5,9,15-18H,3-4,6-8,11-12H2,(H,25,28)/t15?,16-,17?,18?/m1/s1. The minimum absolute atomic E-state index is 0.0149. The van der Waals surface area contributed by atoms with Crippen LogP contribution in [0.4, 0.5) is 4.39 Å². The summed E-state index contributed by atoms with van der Waals surface area (Å²) in [5, 5.41) is 16.4. The first-order valence-electron chi connectivity index (χ1n) is 10.5. The summed E-state index contributed by atoms with van der Waals surface area (Å²) in [5.41, 5.74) is 1.75. The van der Waals surface area contributed by atoms with Gasteiger partial charge in [0.25, 0.3) is 5.91 Å². The van der Waals surface area contributed by atoms with E-state index >= 15 is 0 Å². The molecule has 5 rings (SSSR count). The van der Waals surface area contributed by atoms with E-state index in [0.29, 0.717) is 50.5 Å². The summed E-state index contributed by atoms with van der Waals surface area (Å²) in [5.74, 6) is 0.980. The van der Waals surface area contributed by atoms with E-state index in [4.69, 9.17) is 19.5 Å². The largest absolute Gasteiger partial charge is 0.491 e. The SMILES string of the molecule is N#Cc1ccc2c(c1)C[C@@H](NC(=O)c1cc3n(n1)CCC(COC1CC(F)C1)O3)CO2. The maximum atomic E-state index is 12.9. The lowest BCUT2D eigenvalue weighted by Crippen LogP contribution is -2.42. The third-order valence-corrected chi connectivity index (χ3v) is 5.91. The summed E-state index contributed by atoms with van der Waals surface area (Å²) in [6, 6.07) is 8.83. The van der Waals surface area contributed by atoms with Crippen LogP contribution in [-0.2, 0) is 17.7 Å². The molecule has 0 radical (unpaired) electrons. The number of fused-ring (bicyclic) bond motifs is 2. The second-order valence-electron chi connectivity index (χ2n) is 8.26. The highest BCUT2D eigenvalue weighted by Gasteiger charge is 2.32. The van der Waals surface area contributed by atoms with Crippen molar-refractivity contribution in [1.82, 2.24) is 15.1 Å². The topological polar surface area (TPSA) is 98.4 Å². The highest BCUT2D eigenvalue weighted by Crippen LogP contribution is 2.28. The highest BCUT2D eigenvalue weighted by atomic mass is 19.1. The van der Waals surface area contributed by atoms with Crippen LogP contribution in [0.1, 0.15) is 40.9 Å². The first-order chi connectivity index (χ1) is 15.1. The number of carbonyl (C=O) groups excluding carboxylic acids is 1. The molecule has 2 aromatic rings. The molecule has 3 aliphatic rings. The number of amides is 1. The van der Waals surface area contributed by atoms with E-state index in [1.165, 1.54) is 0 Å². The molecular formula is C22H23FN4O4. The minimum Gasteiger partial charge on any atom is -0.491 e. The van der Waals surface area contributed by atoms with Crippen LogP contribution in [-0.4, -0.2) is 53.3 Å². The zero-order valence-corrected chi connectivity index (χ0v) is 16.9. The summed E-state index contributed by atoms with van der Waals surface area (Å²) >= 11 is 0. The van der Waals surface area contributed by atoms with Crippen molar-refractivity contribution in [1.29, 1.82) is 5.26 Å². The number of nitriles is 1. The number of benzene rings is 1. The maximum absolute atomic E-state index is 12.9. The molecule has 1 aliphatic carbocycles. The quantitative estimate of drug-likeness (QED) is 0.787. The lowest BCUT2D eigenvalue weighted by molar-refractivity contribution is -0.0724. The molecule has 2 atom stereocenters. The first-order valence-corrected chi connectivity index (χ1v) is 10.5. The number of halogens is 1. The van der Waals surface area contributed by atoms with E-state index < -0.39 is 6.17 Å². The van der Waals surface area contributed by atoms with E-state index in [1.807, 2.05) is 0 Å². The summed E-state index contributed by atoms with van der Waals surface area (Å²) in [6.45, 7) is 1.40. The van der Waals surface area contributed by atoms with Gasteiger partial charge in [-0.2, -0.15) is 10.4 Å². The van der Waals surface area contributed by atoms with E-state index in [2.05, 4.69) is 16.5 Å². The van der Waals surface area contributed by atoms with Crippen LogP contribution >= 0.6 is 0 Å². The fourth-order valence-electron chi connectivity index (χ4n) is 4.08. The third kappa shape index (κ3) is 4.21. The molecule has 1 aromatic heterocycles. The van der Waals surface area contributed by atoms with Crippen LogP contribution < -0.4 is 14.8 Å². The molecule has 3 heterocycles. The fourth-order valence-corrected chi connectivity index (χ4v) is 4.08. The molecule has 1 aromatic carbocycles. The average molecular weight is 426 g/mol. The van der Waals surface area contributed by atoms with Crippen LogP contribution in [0.2, 0.25) is 0 Å². The lowest BCUT2D eigenvalue weighted by Gasteiger charge is -2.32. The number of nitrogens with one attached hydrogen (secondary N) is 1. The molecule has 1 amide bonds. The van der Waals surface area contributed by atoms with E-state index in [-0.39, 0.29) is 29.9 Å². The Kier molecular flexibility index (Phi) is 5.24. The number of alkyl halides is 1. The maximum Gasteiger partial charge on any atom is 0.272 e. The van der Waals surface area contributed by atoms with Gasteiger partial charge in [-0.25, -0.2) is 9.07 Å². The van der Waals surface area contributed by atoms with Gasteiger partial charge in [-0.05, 0) is 30.2 Å². The predicted molar refractivity (Wildman–Crippen MR) is 107 cm³/mol. The van der Waals surface area contributed by atoms with Gasteiger partial charge in [0.15, 0.2) is 5.69 Å². The molecular weight excluding hydrogens is 403 g/mol. The number of ether oxygens (including phenoxy) is 3. The smallest absolute Gasteiger partial charge is 0.272 e. The van der Waals surface area contributed by atoms with Gasteiger partial charge in [-0.15, -0.1) is 0 Å². The van der Waals surface area contributed by atoms with Crippen molar-refractivity contribution < 1.29 is 23.4 Å². The van der Waals surface area contributed by atoms with Crippen molar-refractivity contribution >= 4 is 5.91 Å². The number of aromatic nitrogens is 2. The second-order valence-corrected chi connectivity index (χ2v) is 8.26. The molecule has 9 heteroatoms. The Labute approximate surface area is 178 Å². The molecule has 162 valence electrons. The number of hydrogen-bond donors (Lipinski definition) is 1. The Bertz CT molecular complexity index is 1030. The molecule has 0 saturated heterocycles. The summed E-state index contributed by atoms with van der Waals surface area (Å²) < 4.78 is 31.9. The Balaban J connectivity index is 1.17. The van der Waals surface area contributed by atoms with Gasteiger partial charge in [0.05, 0.1) is 30.4 Å². The summed E-state index contributed by atoms with van der Waals surface area (Å²) in [6.07, 6.45) is 1.34. The first kappa shape index (κ1) is 19.8. The van der Waals surface area contributed by atoms with Crippen molar-refractivity contribution in [3.8, 4) is 17.7 Å². The van der Waals surface area contributed by atoms with E-state index in [0.717, 1.165) is 17.7 Å². The zero-order chi connectivity index (χ0) is 21.4. The third-order valence-electron chi connectivity index (χ3n) is 5.91. The summed E-state index contributed by atoms with van der Waals surface area (Å²) in [7, 11) is 0. The van der Waals surface area contributed by atoms with Crippen LogP contribution in [0.3, 0.4) is 0 Å². The molecule has 31 heavy (non-hydrogen) atoms. The predicted octanol–water partition coefficient (Wildman–Crippen LogP) is 2.16. The minimum atomic E-state index is -0.740. The van der Waals surface area contributed by atoms with Crippen molar-refractivity contribution in [2.75, 3.05) is 13.2 Å². The van der Waals surface area contributed by atoms with Gasteiger partial charge < -0.3 is 19.5 Å². The van der Waals surface area contributed by atoms with E-state index in [9.17, 15) is 9.18 Å². The zero-order valence-electron chi connectivity index (χ0n) is 16.9. The van der Waals surface area contributed by atoms with Crippen molar-refractivity contribution in [3.63, 3.8) is 0 Å². The van der Waals surface area contributed by atoms with Gasteiger partial charge in [0.2, 0.25) is 5.88 Å². The fraction of sp³-hybridized carbons (Fsp3) is 0.500. The highest BCUT2D eigenvalue weighted by molar-refractivity contribution is 5.92. The Morgan fingerprint density at radius 1 is 1.39 bits per heavy atom. The lowest BCUT2D eigenvalue weighted by atomic mass is 9.94. The molecule has 8 nitrogen and oxygen atoms in total. The number of carbonyl (C=O) groups is 1. The van der Waals surface area contributed by atoms with Gasteiger partial charge in [-0.3, -0.25) is 4.79 Å². The van der Waals surface area contributed by atoms with Crippen LogP contribution in [0.25, 0.3) is 0 Å². The van der Waals surface area contributed by atoms with Crippen LogP contribution in [0.5, 0.6) is 11.6 Å². The van der Waals surface area contributed by atoms with Crippen LogP contribution in [0.15, 0.2) is 24.3 Å². The molecule has 1 unspecified atom stereocenters. The van der Waals surface area contributed by atoms with Gasteiger partial charge >= 0.3 is 0 Å². The van der Waals surface area contributed by atoms with Crippen molar-refractivity contribution in [2.24, 2.45) is 0 Å². The molecule has 1 fully saturated rings. The molecule has 0 bridgehead atoms. The second kappa shape index (κ2) is 8.19. The molecule has 0 spiro atoms. The monoisotopic (exact) mass is 426 g/mol. The molecule has 2 aliphatic heterocycles. The van der Waals surface area contributed by atoms with Crippen molar-refractivity contribution in [2.45, 2.75) is 56.6 Å². The average Bonchev–Trinajstić information content (AvgIpc) is 3.19. The Morgan fingerprint density at radius 3 is 3.06 bits per heavy atom. The van der Waals surface area contributed by atoms with Gasteiger partial charge in [-0.1, -0.05) is 0 Å². The number of nitrogens with zero attached hydrogens (tertiary/aromatic N) is 3. The Hall–Kier alpha value is -3.12. The number of rotatable bonds is 5. The van der Waals surface area contributed by atoms with Gasteiger partial charge in [0, 0.05) is 31.9 Å². The molecule has 1 N–H and O–H groups in total. The summed E-state index contributed by atoms with van der Waals surface area (Å²) in [4.78, 5) is 12.7. The van der Waals surface area contributed by atoms with Gasteiger partial charge in [0.1, 0.15) is 24.6 Å². The number of hydrogen-bond acceptors (Lipinski definition) is 6.